The molecule has 1 saturated heterocycles. The van der Waals surface area contributed by atoms with E-state index in [1.807, 2.05) is 117 Å². The minimum absolute atomic E-state index is 0.556. The molecule has 1 aliphatic carbocycles. The van der Waals surface area contributed by atoms with Crippen LogP contribution < -0.4 is 0 Å². The van der Waals surface area contributed by atoms with Gasteiger partial charge in [0.25, 0.3) is 0 Å². The van der Waals surface area contributed by atoms with Crippen LogP contribution in [0.1, 0.15) is 50.3 Å². The third-order valence-corrected chi connectivity index (χ3v) is 7.56. The number of ether oxygens (including phenoxy) is 4. The fourth-order valence-electron chi connectivity index (χ4n) is 5.56. The predicted molar refractivity (Wildman–Crippen MR) is 183 cm³/mol. The van der Waals surface area contributed by atoms with Crippen molar-refractivity contribution in [2.75, 3.05) is 27.4 Å². The van der Waals surface area contributed by atoms with E-state index >= 15 is 0 Å². The molecule has 0 spiro atoms. The van der Waals surface area contributed by atoms with Crippen molar-refractivity contribution in [2.24, 2.45) is 0 Å². The van der Waals surface area contributed by atoms with Gasteiger partial charge in [0.05, 0.1) is 19.3 Å². The molecule has 0 aromatic heterocycles. The summed E-state index contributed by atoms with van der Waals surface area (Å²) in [7, 11) is 13.1. The summed E-state index contributed by atoms with van der Waals surface area (Å²) in [6, 6.07) is 30.3. The van der Waals surface area contributed by atoms with Gasteiger partial charge in [0, 0.05) is 21.1 Å². The van der Waals surface area contributed by atoms with Crippen molar-refractivity contribution in [1.29, 1.82) is 5.26 Å². The summed E-state index contributed by atoms with van der Waals surface area (Å²) in [5.74, 6) is -1.03. The van der Waals surface area contributed by atoms with E-state index in [-0.39, 0.29) is 0 Å². The molecule has 3 atom stereocenters. The van der Waals surface area contributed by atoms with E-state index in [1.165, 1.54) is 6.92 Å². The Hall–Kier alpha value is -2.32. The number of hydrogen-bond donors (Lipinski definition) is 2. The number of benzene rings is 3. The molecule has 2 aliphatic rings. The molecular weight excluding hydrogens is 673 g/mol. The predicted octanol–water partition coefficient (Wildman–Crippen LogP) is 7.79. The molecule has 5 rings (SSSR count). The van der Waals surface area contributed by atoms with E-state index in [2.05, 4.69) is 15.5 Å². The first-order chi connectivity index (χ1) is 22.6. The molecule has 1 heterocycles. The number of aliphatic hydroxyl groups is 2. The Kier molecular flexibility index (Phi) is 18.2. The molecule has 2 N–H and O–H groups in total. The Labute approximate surface area is 296 Å². The Balaban J connectivity index is 0.000000554. The summed E-state index contributed by atoms with van der Waals surface area (Å²) >= 11 is -0.556. The van der Waals surface area contributed by atoms with Gasteiger partial charge in [0.1, 0.15) is 23.4 Å². The van der Waals surface area contributed by atoms with Crippen molar-refractivity contribution in [3.05, 3.63) is 131 Å². The van der Waals surface area contributed by atoms with Crippen molar-refractivity contribution in [1.82, 2.24) is 0 Å². The average Bonchev–Trinajstić information content (AvgIpc) is 3.45. The number of allylic oxidation sites excluding steroid dienone is 3. The van der Waals surface area contributed by atoms with E-state index in [0.29, 0.717) is 36.3 Å². The van der Waals surface area contributed by atoms with E-state index in [1.54, 1.807) is 20.3 Å². The Morgan fingerprint density at radius 2 is 1.17 bits per heavy atom. The summed E-state index contributed by atoms with van der Waals surface area (Å²) in [6.45, 7) is 6.47. The van der Waals surface area contributed by atoms with Crippen molar-refractivity contribution in [3.8, 4) is 6.07 Å². The quantitative estimate of drug-likeness (QED) is 0.172. The maximum absolute atomic E-state index is 12.6. The molecule has 3 unspecified atom stereocenters. The van der Waals surface area contributed by atoms with Crippen LogP contribution in [0.25, 0.3) is 0 Å². The third-order valence-electron chi connectivity index (χ3n) is 7.56. The van der Waals surface area contributed by atoms with Crippen LogP contribution >= 0.6 is 18.6 Å². The Morgan fingerprint density at radius 1 is 0.809 bits per heavy atom. The third kappa shape index (κ3) is 11.1. The zero-order valence-electron chi connectivity index (χ0n) is 27.6. The number of rotatable bonds is 9. The first-order valence-corrected chi connectivity index (χ1v) is 19.5. The fourth-order valence-corrected chi connectivity index (χ4v) is 5.56. The van der Waals surface area contributed by atoms with Crippen LogP contribution in [0.3, 0.4) is 0 Å². The van der Waals surface area contributed by atoms with Gasteiger partial charge in [-0.15, -0.1) is 0 Å². The molecule has 1 aliphatic heterocycles. The molecule has 0 bridgehead atoms. The van der Waals surface area contributed by atoms with Gasteiger partial charge >= 0.3 is 35.6 Å². The average molecular weight is 719 g/mol. The molecule has 252 valence electrons. The summed E-state index contributed by atoms with van der Waals surface area (Å²) in [6.07, 6.45) is 5.75. The molecule has 0 saturated carbocycles. The zero-order valence-corrected chi connectivity index (χ0v) is 30.7. The van der Waals surface area contributed by atoms with E-state index < -0.39 is 46.2 Å². The van der Waals surface area contributed by atoms with Crippen LogP contribution in [0.5, 0.6) is 0 Å². The standard InChI is InChI=1S/C31H32O4.C4H10O2.C2H3N.2ClH.Ti/c1-29(2)34-27(30(32,23-15-7-3-8-16-23)24-17-9-4-10-18-24)28(35-29)31(33,25-19-11-5-12-20-25)26-21-13-6-14-22-26;1-5-3-4-6-2;1-2-3;;;/h3-13,15-21,27-28,32-33H,14,22H2,1-2H3;3-4H2,1-2H3;1H3;2*1H;/q;;;;;+2/p-2. The fraction of sp³-hybridized carbons (Fsp3) is 0.378. The van der Waals surface area contributed by atoms with Crippen LogP contribution in [-0.4, -0.2) is 55.6 Å². The van der Waals surface area contributed by atoms with Crippen molar-refractivity contribution in [3.63, 3.8) is 0 Å². The van der Waals surface area contributed by atoms with E-state index in [4.69, 9.17) is 33.3 Å². The normalized spacial score (nSPS) is 19.1. The number of nitrogens with zero attached hydrogens (tertiary/aromatic N) is 1. The van der Waals surface area contributed by atoms with Gasteiger partial charge < -0.3 is 29.2 Å². The van der Waals surface area contributed by atoms with Gasteiger partial charge in [0.15, 0.2) is 5.79 Å². The van der Waals surface area contributed by atoms with Crippen molar-refractivity contribution < 1.29 is 46.2 Å². The number of hydrogen-bond acceptors (Lipinski definition) is 7. The second kappa shape index (κ2) is 20.9. The van der Waals surface area contributed by atoms with Crippen LogP contribution in [0, 0.1) is 11.3 Å². The summed E-state index contributed by atoms with van der Waals surface area (Å²) in [5.41, 5.74) is -0.185. The second-order valence-corrected chi connectivity index (χ2v) is 13.6. The molecule has 0 radical (unpaired) electrons. The van der Waals surface area contributed by atoms with Crippen LogP contribution in [0.15, 0.2) is 115 Å². The minimum atomic E-state index is -1.57. The number of methoxy groups -OCH3 is 2. The monoisotopic (exact) mass is 717 g/mol. The topological polar surface area (TPSA) is 101 Å². The van der Waals surface area contributed by atoms with Gasteiger partial charge in [-0.1, -0.05) is 109 Å². The first kappa shape index (κ1) is 40.9. The number of halogens is 2. The molecular formula is C37H45Cl2NO6Ti. The van der Waals surface area contributed by atoms with Crippen molar-refractivity contribution >= 4 is 18.6 Å². The number of nitriles is 1. The summed E-state index contributed by atoms with van der Waals surface area (Å²) in [4.78, 5) is 0. The molecule has 3 aromatic carbocycles. The van der Waals surface area contributed by atoms with Crippen molar-refractivity contribution in [2.45, 2.75) is 62.8 Å². The molecule has 7 nitrogen and oxygen atoms in total. The Bertz CT molecular complexity index is 1360. The summed E-state index contributed by atoms with van der Waals surface area (Å²) in [5, 5.41) is 32.6. The molecule has 10 heteroatoms. The van der Waals surface area contributed by atoms with E-state index in [9.17, 15) is 10.2 Å². The van der Waals surface area contributed by atoms with Gasteiger partial charge in [-0.25, -0.2) is 0 Å². The van der Waals surface area contributed by atoms with Gasteiger partial charge in [-0.2, -0.15) is 5.26 Å². The first-order valence-electron chi connectivity index (χ1n) is 15.2. The SMILES string of the molecule is CC#N.CC1(C)OC(C(O)(C2=CC=CCC2)c2ccccc2)C(C(O)(c2ccccc2)c2ccccc2)O1.COCCOC.[Cl][Ti][Cl]. The van der Waals surface area contributed by atoms with E-state index in [0.717, 1.165) is 12.0 Å². The molecule has 47 heavy (non-hydrogen) atoms. The molecule has 0 amide bonds. The second-order valence-electron chi connectivity index (χ2n) is 11.0. The molecule has 1 fully saturated rings. The summed E-state index contributed by atoms with van der Waals surface area (Å²) < 4.78 is 22.4. The molecule has 3 aromatic rings. The van der Waals surface area contributed by atoms with Gasteiger partial charge in [-0.05, 0) is 49.0 Å². The zero-order chi connectivity index (χ0) is 34.8. The van der Waals surface area contributed by atoms with Gasteiger partial charge in [0.2, 0.25) is 0 Å². The van der Waals surface area contributed by atoms with Crippen LogP contribution in [0.4, 0.5) is 0 Å². The maximum atomic E-state index is 12.6. The van der Waals surface area contributed by atoms with Crippen LogP contribution in [0.2, 0.25) is 0 Å². The van der Waals surface area contributed by atoms with Gasteiger partial charge in [-0.3, -0.25) is 0 Å². The van der Waals surface area contributed by atoms with Crippen LogP contribution in [-0.2, 0) is 47.2 Å². The Morgan fingerprint density at radius 3 is 1.51 bits per heavy atom.